The van der Waals surface area contributed by atoms with Gasteiger partial charge in [0.1, 0.15) is 0 Å². The van der Waals surface area contributed by atoms with Crippen molar-refractivity contribution >= 4 is 57.3 Å². The predicted molar refractivity (Wildman–Crippen MR) is 61.8 cm³/mol. The molecule has 2 aromatic rings. The van der Waals surface area contributed by atoms with E-state index in [1.807, 2.05) is 0 Å². The molecule has 0 bridgehead atoms. The molecule has 0 aliphatic heterocycles. The Morgan fingerprint density at radius 3 is 2.36 bits per heavy atom. The minimum Gasteiger partial charge on any atom is -0.254 e. The zero-order chi connectivity index (χ0) is 10.3. The first-order valence-electron chi connectivity index (χ1n) is 3.69. The molecule has 1 heterocycles. The third kappa shape index (κ3) is 1.55. The molecule has 0 aliphatic rings. The molecular weight excluding hydrogens is 264 g/mol. The van der Waals surface area contributed by atoms with E-state index in [2.05, 4.69) is 4.98 Å². The number of pyridine rings is 1. The highest BCUT2D eigenvalue weighted by Gasteiger charge is 2.11. The maximum Gasteiger partial charge on any atom is 0.0933 e. The summed E-state index contributed by atoms with van der Waals surface area (Å²) in [5, 5.41) is 2.34. The van der Waals surface area contributed by atoms with E-state index in [0.717, 1.165) is 0 Å². The lowest BCUT2D eigenvalue weighted by atomic mass is 10.2. The van der Waals surface area contributed by atoms with Crippen LogP contribution in [-0.2, 0) is 0 Å². The second kappa shape index (κ2) is 3.74. The number of fused-ring (bicyclic) bond motifs is 1. The summed E-state index contributed by atoms with van der Waals surface area (Å²) in [6, 6.07) is 3.21. The topological polar surface area (TPSA) is 12.9 Å². The SMILES string of the molecule is Clc1cc(Cl)c2c(Cl)ccnc2c1Cl. The fourth-order valence-corrected chi connectivity index (χ4v) is 2.24. The van der Waals surface area contributed by atoms with E-state index in [4.69, 9.17) is 46.4 Å². The van der Waals surface area contributed by atoms with Crippen LogP contribution in [0.5, 0.6) is 0 Å². The number of rotatable bonds is 0. The summed E-state index contributed by atoms with van der Waals surface area (Å²) in [5.74, 6) is 0. The summed E-state index contributed by atoms with van der Waals surface area (Å²) < 4.78 is 0. The van der Waals surface area contributed by atoms with E-state index in [0.29, 0.717) is 31.0 Å². The van der Waals surface area contributed by atoms with Crippen LogP contribution in [-0.4, -0.2) is 4.98 Å². The van der Waals surface area contributed by atoms with Crippen LogP contribution in [0.1, 0.15) is 0 Å². The molecule has 0 spiro atoms. The van der Waals surface area contributed by atoms with Gasteiger partial charge in [0, 0.05) is 11.6 Å². The van der Waals surface area contributed by atoms with Gasteiger partial charge < -0.3 is 0 Å². The van der Waals surface area contributed by atoms with E-state index in [9.17, 15) is 0 Å². The summed E-state index contributed by atoms with van der Waals surface area (Å²) in [6.07, 6.45) is 1.56. The van der Waals surface area contributed by atoms with Crippen LogP contribution < -0.4 is 0 Å². The summed E-state index contributed by atoms with van der Waals surface area (Å²) in [6.45, 7) is 0. The number of nitrogens with zero attached hydrogens (tertiary/aromatic N) is 1. The molecule has 0 atom stereocenters. The average Bonchev–Trinajstić information content (AvgIpc) is 2.14. The molecule has 14 heavy (non-hydrogen) atoms. The minimum atomic E-state index is 0.369. The van der Waals surface area contributed by atoms with Gasteiger partial charge in [0.2, 0.25) is 0 Å². The third-order valence-corrected chi connectivity index (χ3v) is 3.20. The maximum absolute atomic E-state index is 5.97. The highest BCUT2D eigenvalue weighted by atomic mass is 35.5. The predicted octanol–water partition coefficient (Wildman–Crippen LogP) is 4.85. The Balaban J connectivity index is 3.02. The molecule has 0 amide bonds. The van der Waals surface area contributed by atoms with Crippen LogP contribution in [0.3, 0.4) is 0 Å². The minimum absolute atomic E-state index is 0.369. The van der Waals surface area contributed by atoms with Gasteiger partial charge in [-0.2, -0.15) is 0 Å². The van der Waals surface area contributed by atoms with Crippen molar-refractivity contribution in [2.75, 3.05) is 0 Å². The van der Waals surface area contributed by atoms with Crippen molar-refractivity contribution in [2.45, 2.75) is 0 Å². The van der Waals surface area contributed by atoms with Crippen LogP contribution in [0.25, 0.3) is 10.9 Å². The molecule has 0 unspecified atom stereocenters. The van der Waals surface area contributed by atoms with Gasteiger partial charge in [-0.25, -0.2) is 0 Å². The number of halogens is 4. The van der Waals surface area contributed by atoms with Crippen molar-refractivity contribution in [1.29, 1.82) is 0 Å². The van der Waals surface area contributed by atoms with E-state index in [-0.39, 0.29) is 0 Å². The lowest BCUT2D eigenvalue weighted by Gasteiger charge is -2.05. The molecule has 5 heteroatoms. The fraction of sp³-hybridized carbons (Fsp3) is 0. The van der Waals surface area contributed by atoms with Gasteiger partial charge >= 0.3 is 0 Å². The normalized spacial score (nSPS) is 10.9. The summed E-state index contributed by atoms with van der Waals surface area (Å²) >= 11 is 23.7. The van der Waals surface area contributed by atoms with E-state index < -0.39 is 0 Å². The molecule has 0 N–H and O–H groups in total. The Kier molecular flexibility index (Phi) is 2.76. The zero-order valence-corrected chi connectivity index (χ0v) is 9.71. The van der Waals surface area contributed by atoms with Crippen molar-refractivity contribution in [3.05, 3.63) is 38.4 Å². The van der Waals surface area contributed by atoms with Gasteiger partial charge in [-0.15, -0.1) is 0 Å². The van der Waals surface area contributed by atoms with Crippen LogP contribution in [0.15, 0.2) is 18.3 Å². The molecule has 1 aromatic carbocycles. The van der Waals surface area contributed by atoms with Gasteiger partial charge in [0.05, 0.1) is 25.6 Å². The van der Waals surface area contributed by atoms with Gasteiger partial charge in [-0.05, 0) is 12.1 Å². The van der Waals surface area contributed by atoms with Crippen molar-refractivity contribution in [3.63, 3.8) is 0 Å². The van der Waals surface area contributed by atoms with Crippen LogP contribution in [0, 0.1) is 0 Å². The fourth-order valence-electron chi connectivity index (χ4n) is 1.19. The van der Waals surface area contributed by atoms with Crippen LogP contribution in [0.4, 0.5) is 0 Å². The standard InChI is InChI=1S/C9H3Cl4N/c10-4-1-2-14-9-7(4)5(11)3-6(12)8(9)13/h1-3H. The van der Waals surface area contributed by atoms with Gasteiger partial charge in [-0.3, -0.25) is 4.98 Å². The Hall–Kier alpha value is -0.210. The summed E-state index contributed by atoms with van der Waals surface area (Å²) in [7, 11) is 0. The highest BCUT2D eigenvalue weighted by molar-refractivity contribution is 6.49. The summed E-state index contributed by atoms with van der Waals surface area (Å²) in [4.78, 5) is 4.08. The van der Waals surface area contributed by atoms with Crippen molar-refractivity contribution < 1.29 is 0 Å². The van der Waals surface area contributed by atoms with Gasteiger partial charge in [-0.1, -0.05) is 46.4 Å². The number of benzene rings is 1. The lowest BCUT2D eigenvalue weighted by molar-refractivity contribution is 1.41. The van der Waals surface area contributed by atoms with Crippen molar-refractivity contribution in [1.82, 2.24) is 4.98 Å². The van der Waals surface area contributed by atoms with Gasteiger partial charge in [0.15, 0.2) is 0 Å². The Morgan fingerprint density at radius 1 is 0.929 bits per heavy atom. The summed E-state index contributed by atoms with van der Waals surface area (Å²) in [5.41, 5.74) is 0.525. The van der Waals surface area contributed by atoms with Gasteiger partial charge in [0.25, 0.3) is 0 Å². The third-order valence-electron chi connectivity index (χ3n) is 1.81. The molecule has 2 rings (SSSR count). The Labute approximate surface area is 101 Å². The molecule has 0 aliphatic carbocycles. The van der Waals surface area contributed by atoms with Crippen LogP contribution in [0.2, 0.25) is 20.1 Å². The van der Waals surface area contributed by atoms with Crippen molar-refractivity contribution in [2.24, 2.45) is 0 Å². The monoisotopic (exact) mass is 265 g/mol. The second-order valence-corrected chi connectivity index (χ2v) is 4.27. The maximum atomic E-state index is 5.97. The van der Waals surface area contributed by atoms with E-state index in [1.165, 1.54) is 0 Å². The largest absolute Gasteiger partial charge is 0.254 e. The lowest BCUT2D eigenvalue weighted by Crippen LogP contribution is -1.83. The smallest absolute Gasteiger partial charge is 0.0933 e. The Morgan fingerprint density at radius 2 is 1.64 bits per heavy atom. The first-order chi connectivity index (χ1) is 6.61. The molecule has 0 radical (unpaired) electrons. The molecular formula is C9H3Cl4N. The van der Waals surface area contributed by atoms with E-state index >= 15 is 0 Å². The molecule has 72 valence electrons. The molecule has 0 saturated heterocycles. The molecule has 1 nitrogen and oxygen atoms in total. The zero-order valence-electron chi connectivity index (χ0n) is 6.69. The van der Waals surface area contributed by atoms with Crippen molar-refractivity contribution in [3.8, 4) is 0 Å². The Bertz CT molecular complexity index is 510. The first kappa shape index (κ1) is 10.3. The average molecular weight is 267 g/mol. The highest BCUT2D eigenvalue weighted by Crippen LogP contribution is 2.37. The number of hydrogen-bond acceptors (Lipinski definition) is 1. The second-order valence-electron chi connectivity index (χ2n) is 2.67. The number of hydrogen-bond donors (Lipinski definition) is 0. The molecule has 0 saturated carbocycles. The molecule has 1 aromatic heterocycles. The molecule has 0 fully saturated rings. The van der Waals surface area contributed by atoms with Crippen LogP contribution >= 0.6 is 46.4 Å². The number of aromatic nitrogens is 1. The van der Waals surface area contributed by atoms with E-state index in [1.54, 1.807) is 18.3 Å². The quantitative estimate of drug-likeness (QED) is 0.622. The first-order valence-corrected chi connectivity index (χ1v) is 5.20.